The molecule has 4 aromatic rings. The molecule has 1 N–H and O–H groups in total. The van der Waals surface area contributed by atoms with Crippen LogP contribution in [0.15, 0.2) is 76.6 Å². The average Bonchev–Trinajstić information content (AvgIpc) is 3.61. The fourth-order valence-electron chi connectivity index (χ4n) is 5.07. The van der Waals surface area contributed by atoms with E-state index in [2.05, 4.69) is 48.3 Å². The third-order valence-corrected chi connectivity index (χ3v) is 9.61. The molecule has 0 bridgehead atoms. The molecule has 11 heteroatoms. The standard InChI is InChI=1S/C34H33N3O6S2/c1-20(2)13-14-41-25-6-4-5-23(17-25)29-28(30(38)24-11-12-26-27(18-24)43-16-15-42-26)31(39)32(40)37(29)33-35-36-34(45-33)44-19-22-9-7-21(3)8-10-22/h4-12,17-18,20,29,38H,13-16,19H2,1-3H3/b30-28-. The lowest BCUT2D eigenvalue weighted by Gasteiger charge is -2.23. The van der Waals surface area contributed by atoms with E-state index in [0.717, 1.165) is 12.0 Å². The first-order valence-corrected chi connectivity index (χ1v) is 16.5. The second-order valence-corrected chi connectivity index (χ2v) is 13.4. The van der Waals surface area contributed by atoms with Gasteiger partial charge in [0.25, 0.3) is 5.78 Å². The van der Waals surface area contributed by atoms with Gasteiger partial charge < -0.3 is 19.3 Å². The number of aliphatic hydroxyl groups excluding tert-OH is 1. The van der Waals surface area contributed by atoms with Crippen molar-refractivity contribution in [1.29, 1.82) is 0 Å². The van der Waals surface area contributed by atoms with E-state index >= 15 is 0 Å². The largest absolute Gasteiger partial charge is 0.507 e. The van der Waals surface area contributed by atoms with Crippen LogP contribution in [0.5, 0.6) is 17.2 Å². The molecule has 1 saturated heterocycles. The molecule has 232 valence electrons. The van der Waals surface area contributed by atoms with Crippen LogP contribution >= 0.6 is 23.1 Å². The van der Waals surface area contributed by atoms with Gasteiger partial charge in [0.15, 0.2) is 15.8 Å². The third kappa shape index (κ3) is 6.69. The number of benzene rings is 3. The van der Waals surface area contributed by atoms with Crippen LogP contribution in [-0.2, 0) is 15.3 Å². The predicted molar refractivity (Wildman–Crippen MR) is 174 cm³/mol. The van der Waals surface area contributed by atoms with E-state index in [-0.39, 0.29) is 16.5 Å². The highest BCUT2D eigenvalue weighted by atomic mass is 32.2. The van der Waals surface area contributed by atoms with E-state index in [1.807, 2.05) is 25.1 Å². The highest BCUT2D eigenvalue weighted by Crippen LogP contribution is 2.45. The number of aromatic nitrogens is 2. The molecule has 1 fully saturated rings. The van der Waals surface area contributed by atoms with Gasteiger partial charge in [-0.1, -0.05) is 78.9 Å². The van der Waals surface area contributed by atoms with Crippen molar-refractivity contribution in [3.05, 3.63) is 94.6 Å². The van der Waals surface area contributed by atoms with E-state index < -0.39 is 17.7 Å². The van der Waals surface area contributed by atoms with Gasteiger partial charge in [0.05, 0.1) is 18.2 Å². The number of aliphatic hydroxyl groups is 1. The van der Waals surface area contributed by atoms with Gasteiger partial charge in [-0.15, -0.1) is 10.2 Å². The summed E-state index contributed by atoms with van der Waals surface area (Å²) in [5.41, 5.74) is 3.19. The van der Waals surface area contributed by atoms with Crippen LogP contribution in [0.2, 0.25) is 0 Å². The maximum Gasteiger partial charge on any atom is 0.301 e. The molecule has 45 heavy (non-hydrogen) atoms. The van der Waals surface area contributed by atoms with Crippen molar-refractivity contribution >= 4 is 45.7 Å². The van der Waals surface area contributed by atoms with Gasteiger partial charge in [0, 0.05) is 11.3 Å². The highest BCUT2D eigenvalue weighted by Gasteiger charge is 2.48. The second-order valence-electron chi connectivity index (χ2n) is 11.3. The molecule has 0 radical (unpaired) electrons. The zero-order valence-electron chi connectivity index (χ0n) is 25.2. The molecule has 1 amide bonds. The number of nitrogens with zero attached hydrogens (tertiary/aromatic N) is 3. The number of anilines is 1. The Labute approximate surface area is 269 Å². The summed E-state index contributed by atoms with van der Waals surface area (Å²) in [5, 5.41) is 20.5. The van der Waals surface area contributed by atoms with Gasteiger partial charge in [0.2, 0.25) is 5.13 Å². The topological polar surface area (TPSA) is 111 Å². The number of amides is 1. The van der Waals surface area contributed by atoms with Crippen molar-refractivity contribution in [3.8, 4) is 17.2 Å². The fraction of sp³-hybridized carbons (Fsp3) is 0.294. The monoisotopic (exact) mass is 643 g/mol. The quantitative estimate of drug-likeness (QED) is 0.0644. The summed E-state index contributed by atoms with van der Waals surface area (Å²) >= 11 is 2.73. The minimum absolute atomic E-state index is 0.0555. The summed E-state index contributed by atoms with van der Waals surface area (Å²) < 4.78 is 18.0. The van der Waals surface area contributed by atoms with E-state index in [0.29, 0.717) is 64.2 Å². The number of hydrogen-bond donors (Lipinski definition) is 1. The zero-order chi connectivity index (χ0) is 31.5. The van der Waals surface area contributed by atoms with E-state index in [1.54, 1.807) is 24.3 Å². The van der Waals surface area contributed by atoms with Gasteiger partial charge >= 0.3 is 5.91 Å². The summed E-state index contributed by atoms with van der Waals surface area (Å²) in [4.78, 5) is 28.7. The van der Waals surface area contributed by atoms with Crippen molar-refractivity contribution in [2.24, 2.45) is 5.92 Å². The Morgan fingerprint density at radius 2 is 1.82 bits per heavy atom. The fourth-order valence-corrected chi connectivity index (χ4v) is 6.89. The zero-order valence-corrected chi connectivity index (χ0v) is 26.8. The number of ether oxygens (including phenoxy) is 3. The Morgan fingerprint density at radius 1 is 1.04 bits per heavy atom. The number of carbonyl (C=O) groups is 2. The van der Waals surface area contributed by atoms with Crippen molar-refractivity contribution < 1.29 is 28.9 Å². The molecule has 3 heterocycles. The van der Waals surface area contributed by atoms with Crippen molar-refractivity contribution in [3.63, 3.8) is 0 Å². The van der Waals surface area contributed by atoms with Gasteiger partial charge in [-0.05, 0) is 60.7 Å². The van der Waals surface area contributed by atoms with Crippen molar-refractivity contribution in [2.75, 3.05) is 24.7 Å². The number of hydrogen-bond acceptors (Lipinski definition) is 10. The van der Waals surface area contributed by atoms with Crippen LogP contribution in [0.1, 0.15) is 48.6 Å². The lowest BCUT2D eigenvalue weighted by molar-refractivity contribution is -0.132. The first-order valence-electron chi connectivity index (χ1n) is 14.7. The normalized spacial score (nSPS) is 17.2. The van der Waals surface area contributed by atoms with Crippen LogP contribution in [0.4, 0.5) is 5.13 Å². The van der Waals surface area contributed by atoms with Crippen molar-refractivity contribution in [1.82, 2.24) is 10.2 Å². The number of rotatable bonds is 10. The minimum Gasteiger partial charge on any atom is -0.507 e. The molecule has 0 spiro atoms. The van der Waals surface area contributed by atoms with Crippen LogP contribution in [-0.4, -0.2) is 46.8 Å². The van der Waals surface area contributed by atoms with Gasteiger partial charge in [0.1, 0.15) is 24.7 Å². The molecular weight excluding hydrogens is 611 g/mol. The third-order valence-electron chi connectivity index (χ3n) is 7.48. The molecule has 1 aromatic heterocycles. The van der Waals surface area contributed by atoms with Crippen molar-refractivity contribution in [2.45, 2.75) is 43.3 Å². The summed E-state index contributed by atoms with van der Waals surface area (Å²) in [6.45, 7) is 7.61. The summed E-state index contributed by atoms with van der Waals surface area (Å²) in [6, 6.07) is 19.5. The molecule has 3 aromatic carbocycles. The first kappa shape index (κ1) is 30.7. The predicted octanol–water partition coefficient (Wildman–Crippen LogP) is 6.96. The molecule has 0 aliphatic carbocycles. The Kier molecular flexibility index (Phi) is 9.09. The number of aryl methyl sites for hydroxylation is 1. The average molecular weight is 644 g/mol. The van der Waals surface area contributed by atoms with Gasteiger partial charge in [-0.25, -0.2) is 0 Å². The molecular formula is C34H33N3O6S2. The number of fused-ring (bicyclic) bond motifs is 1. The molecule has 0 saturated carbocycles. The second kappa shape index (κ2) is 13.3. The Hall–Kier alpha value is -4.35. The number of ketones is 1. The van der Waals surface area contributed by atoms with Crippen LogP contribution < -0.4 is 19.1 Å². The van der Waals surface area contributed by atoms with Gasteiger partial charge in [-0.2, -0.15) is 0 Å². The minimum atomic E-state index is -0.963. The van der Waals surface area contributed by atoms with Crippen LogP contribution in [0, 0.1) is 12.8 Å². The Balaban J connectivity index is 1.37. The van der Waals surface area contributed by atoms with Crippen LogP contribution in [0.3, 0.4) is 0 Å². The lowest BCUT2D eigenvalue weighted by Crippen LogP contribution is -2.29. The first-order chi connectivity index (χ1) is 21.8. The SMILES string of the molecule is Cc1ccc(CSc2nnc(N3C(=O)C(=O)/C(=C(\O)c4ccc5c(c4)OCCO5)C3c3cccc(OCCC(C)C)c3)s2)cc1. The summed E-state index contributed by atoms with van der Waals surface area (Å²) in [6.07, 6.45) is 0.876. The molecule has 2 aliphatic rings. The summed E-state index contributed by atoms with van der Waals surface area (Å²) in [7, 11) is 0. The highest BCUT2D eigenvalue weighted by molar-refractivity contribution is 8.00. The Morgan fingerprint density at radius 3 is 2.60 bits per heavy atom. The summed E-state index contributed by atoms with van der Waals surface area (Å²) in [5.74, 6) is 0.825. The maximum absolute atomic E-state index is 13.7. The van der Waals surface area contributed by atoms with E-state index in [9.17, 15) is 14.7 Å². The Bertz CT molecular complexity index is 1750. The number of carbonyl (C=O) groups excluding carboxylic acids is 2. The molecule has 1 atom stereocenters. The maximum atomic E-state index is 13.7. The van der Waals surface area contributed by atoms with Gasteiger partial charge in [-0.3, -0.25) is 14.5 Å². The smallest absolute Gasteiger partial charge is 0.301 e. The number of Topliss-reactive ketones (excluding diaryl/α,β-unsaturated/α-hetero) is 1. The molecule has 9 nitrogen and oxygen atoms in total. The lowest BCUT2D eigenvalue weighted by atomic mass is 9.95. The van der Waals surface area contributed by atoms with E-state index in [1.165, 1.54) is 33.6 Å². The molecule has 2 aliphatic heterocycles. The molecule has 6 rings (SSSR count). The van der Waals surface area contributed by atoms with E-state index in [4.69, 9.17) is 14.2 Å². The number of thioether (sulfide) groups is 1. The molecule has 1 unspecified atom stereocenters. The van der Waals surface area contributed by atoms with Crippen LogP contribution in [0.25, 0.3) is 5.76 Å².